The molecule has 0 aliphatic heterocycles. The van der Waals surface area contributed by atoms with Crippen LogP contribution in [0.3, 0.4) is 0 Å². The molecule has 0 amide bonds. The third-order valence-corrected chi connectivity index (χ3v) is 1.36. The molecule has 0 heterocycles. The minimum atomic E-state index is -1.10. The van der Waals surface area contributed by atoms with Crippen LogP contribution < -0.4 is 5.73 Å². The Balaban J connectivity index is 0. The third kappa shape index (κ3) is 4.81. The fourth-order valence-corrected chi connectivity index (χ4v) is 0.509. The lowest BCUT2D eigenvalue weighted by atomic mass is 9.98. The Hall–Kier alpha value is -0.540. The van der Waals surface area contributed by atoms with Gasteiger partial charge in [0.1, 0.15) is 5.54 Å². The lowest BCUT2D eigenvalue weighted by molar-refractivity contribution is -0.142. The second kappa shape index (κ2) is 5.16. The first-order valence-corrected chi connectivity index (χ1v) is 3.14. The highest BCUT2D eigenvalue weighted by atomic mass is 35.5. The molecule has 0 aliphatic rings. The van der Waals surface area contributed by atoms with Crippen LogP contribution in [0.4, 0.5) is 0 Å². The van der Waals surface area contributed by atoms with Gasteiger partial charge >= 0.3 is 5.97 Å². The number of aliphatic carboxylic acids is 1. The summed E-state index contributed by atoms with van der Waals surface area (Å²) >= 11 is 0. The molecule has 3 nitrogen and oxygen atoms in total. The number of hydrogen-bond donors (Lipinski definition) is 2. The van der Waals surface area contributed by atoms with Crippen LogP contribution in [0.15, 0.2) is 12.7 Å². The fourth-order valence-electron chi connectivity index (χ4n) is 0.509. The number of carboxylic acid groups (broad SMARTS) is 1. The van der Waals surface area contributed by atoms with E-state index in [1.807, 2.05) is 0 Å². The van der Waals surface area contributed by atoms with Gasteiger partial charge in [0.2, 0.25) is 0 Å². The lowest BCUT2D eigenvalue weighted by Crippen LogP contribution is -2.44. The van der Waals surface area contributed by atoms with E-state index in [-0.39, 0.29) is 12.4 Å². The smallest absolute Gasteiger partial charge is 0.323 e. The van der Waals surface area contributed by atoms with Crippen molar-refractivity contribution in [2.75, 3.05) is 0 Å². The number of allylic oxidation sites excluding steroid dienone is 1. The van der Waals surface area contributed by atoms with Gasteiger partial charge in [-0.3, -0.25) is 4.79 Å². The Morgan fingerprint density at radius 2 is 2.27 bits per heavy atom. The summed E-state index contributed by atoms with van der Waals surface area (Å²) in [6, 6.07) is 0. The zero-order chi connectivity index (χ0) is 8.20. The van der Waals surface area contributed by atoms with Crippen molar-refractivity contribution in [3.05, 3.63) is 12.7 Å². The van der Waals surface area contributed by atoms with Crippen molar-refractivity contribution >= 4 is 18.4 Å². The van der Waals surface area contributed by atoms with Crippen LogP contribution in [0, 0.1) is 0 Å². The summed E-state index contributed by atoms with van der Waals surface area (Å²) in [7, 11) is 0. The summed E-state index contributed by atoms with van der Waals surface area (Å²) in [5.74, 6) is -0.964. The maximum atomic E-state index is 10.4. The summed E-state index contributed by atoms with van der Waals surface area (Å²) in [6.45, 7) is 4.97. The molecule has 0 unspecified atom stereocenters. The van der Waals surface area contributed by atoms with Crippen molar-refractivity contribution in [3.63, 3.8) is 0 Å². The van der Waals surface area contributed by atoms with Crippen molar-refractivity contribution in [3.8, 4) is 0 Å². The number of hydrogen-bond acceptors (Lipinski definition) is 2. The Labute approximate surface area is 72.7 Å². The molecule has 1 atom stereocenters. The number of rotatable bonds is 4. The van der Waals surface area contributed by atoms with Crippen LogP contribution in [0.1, 0.15) is 19.8 Å². The normalized spacial score (nSPS) is 14.4. The van der Waals surface area contributed by atoms with Crippen LogP contribution in [-0.4, -0.2) is 16.6 Å². The molecule has 0 saturated heterocycles. The van der Waals surface area contributed by atoms with Gasteiger partial charge in [-0.15, -0.1) is 19.0 Å². The van der Waals surface area contributed by atoms with E-state index in [0.717, 1.165) is 0 Å². The first-order chi connectivity index (χ1) is 4.50. The van der Waals surface area contributed by atoms with Gasteiger partial charge in [-0.05, 0) is 19.8 Å². The summed E-state index contributed by atoms with van der Waals surface area (Å²) in [5.41, 5.74) is 4.30. The van der Waals surface area contributed by atoms with Crippen molar-refractivity contribution in [2.45, 2.75) is 25.3 Å². The van der Waals surface area contributed by atoms with Crippen molar-refractivity contribution < 1.29 is 9.90 Å². The lowest BCUT2D eigenvalue weighted by Gasteiger charge is -2.17. The maximum absolute atomic E-state index is 10.4. The molecule has 0 bridgehead atoms. The molecule has 0 spiro atoms. The predicted octanol–water partition coefficient (Wildman–Crippen LogP) is 1.18. The highest BCUT2D eigenvalue weighted by Crippen LogP contribution is 2.08. The SMILES string of the molecule is C=CCC[C@@](C)(N)C(=O)O.Cl. The van der Waals surface area contributed by atoms with Gasteiger partial charge in [-0.25, -0.2) is 0 Å². The van der Waals surface area contributed by atoms with Crippen LogP contribution in [-0.2, 0) is 4.79 Å². The summed E-state index contributed by atoms with van der Waals surface area (Å²) < 4.78 is 0. The summed E-state index contributed by atoms with van der Waals surface area (Å²) in [5, 5.41) is 8.51. The molecule has 0 aromatic carbocycles. The molecule has 0 rings (SSSR count). The zero-order valence-corrected chi connectivity index (χ0v) is 7.36. The van der Waals surface area contributed by atoms with Gasteiger partial charge < -0.3 is 10.8 Å². The van der Waals surface area contributed by atoms with Crippen LogP contribution in [0.2, 0.25) is 0 Å². The molecule has 11 heavy (non-hydrogen) atoms. The molecular formula is C7H14ClNO2. The highest BCUT2D eigenvalue weighted by Gasteiger charge is 2.26. The second-order valence-corrected chi connectivity index (χ2v) is 2.55. The van der Waals surface area contributed by atoms with E-state index >= 15 is 0 Å². The first kappa shape index (κ1) is 13.1. The average Bonchev–Trinajstić information content (AvgIpc) is 1.84. The minimum Gasteiger partial charge on any atom is -0.480 e. The van der Waals surface area contributed by atoms with E-state index in [1.165, 1.54) is 6.92 Å². The molecule has 3 N–H and O–H groups in total. The number of carbonyl (C=O) groups is 1. The quantitative estimate of drug-likeness (QED) is 0.637. The van der Waals surface area contributed by atoms with Crippen LogP contribution in [0.5, 0.6) is 0 Å². The standard InChI is InChI=1S/C7H13NO2.ClH/c1-3-4-5-7(2,8)6(9)10;/h3H,1,4-5,8H2,2H3,(H,9,10);1H/t7-;/m1./s1. The molecule has 4 heteroatoms. The van der Waals surface area contributed by atoms with E-state index in [2.05, 4.69) is 6.58 Å². The van der Waals surface area contributed by atoms with E-state index < -0.39 is 11.5 Å². The van der Waals surface area contributed by atoms with Gasteiger partial charge in [0, 0.05) is 0 Å². The Morgan fingerprint density at radius 3 is 2.55 bits per heavy atom. The van der Waals surface area contributed by atoms with Gasteiger partial charge in [-0.2, -0.15) is 0 Å². The Morgan fingerprint density at radius 1 is 1.82 bits per heavy atom. The fraction of sp³-hybridized carbons (Fsp3) is 0.571. The van der Waals surface area contributed by atoms with Crippen molar-refractivity contribution in [1.82, 2.24) is 0 Å². The molecule has 0 aromatic heterocycles. The van der Waals surface area contributed by atoms with Gasteiger partial charge in [0.25, 0.3) is 0 Å². The largest absolute Gasteiger partial charge is 0.480 e. The predicted molar refractivity (Wildman–Crippen MR) is 46.9 cm³/mol. The molecule has 0 aromatic rings. The molecule has 0 radical (unpaired) electrons. The molecule has 0 aliphatic carbocycles. The summed E-state index contributed by atoms with van der Waals surface area (Å²) in [6.07, 6.45) is 2.74. The van der Waals surface area contributed by atoms with Gasteiger partial charge in [0.05, 0.1) is 0 Å². The average molecular weight is 180 g/mol. The number of halogens is 1. The third-order valence-electron chi connectivity index (χ3n) is 1.36. The first-order valence-electron chi connectivity index (χ1n) is 3.14. The highest BCUT2D eigenvalue weighted by molar-refractivity contribution is 5.85. The Kier molecular flexibility index (Phi) is 6.13. The van der Waals surface area contributed by atoms with E-state index in [4.69, 9.17) is 10.8 Å². The number of carboxylic acids is 1. The van der Waals surface area contributed by atoms with Gasteiger partial charge in [-0.1, -0.05) is 6.08 Å². The topological polar surface area (TPSA) is 63.3 Å². The number of nitrogens with two attached hydrogens (primary N) is 1. The van der Waals surface area contributed by atoms with Crippen LogP contribution in [0.25, 0.3) is 0 Å². The van der Waals surface area contributed by atoms with Crippen molar-refractivity contribution in [1.29, 1.82) is 0 Å². The monoisotopic (exact) mass is 179 g/mol. The molecule has 66 valence electrons. The second-order valence-electron chi connectivity index (χ2n) is 2.55. The molecule has 0 saturated carbocycles. The molecule has 0 fully saturated rings. The van der Waals surface area contributed by atoms with Gasteiger partial charge in [0.15, 0.2) is 0 Å². The van der Waals surface area contributed by atoms with Crippen molar-refractivity contribution in [2.24, 2.45) is 5.73 Å². The van der Waals surface area contributed by atoms with E-state index in [1.54, 1.807) is 6.08 Å². The molecular weight excluding hydrogens is 166 g/mol. The Bertz CT molecular complexity index is 145. The maximum Gasteiger partial charge on any atom is 0.323 e. The summed E-state index contributed by atoms with van der Waals surface area (Å²) in [4.78, 5) is 10.4. The van der Waals surface area contributed by atoms with Crippen LogP contribution >= 0.6 is 12.4 Å². The minimum absolute atomic E-state index is 0. The van der Waals surface area contributed by atoms with E-state index in [0.29, 0.717) is 12.8 Å². The van der Waals surface area contributed by atoms with E-state index in [9.17, 15) is 4.79 Å². The zero-order valence-electron chi connectivity index (χ0n) is 6.54.